The molecular formula is C13H11BrFNO2. The Hall–Kier alpha value is -1.49. The van der Waals surface area contributed by atoms with Gasteiger partial charge in [0.15, 0.2) is 0 Å². The standard InChI is InChI=1S/C13H11BrFNO2/c1-3-10-6(2)11(13(17)18)8-4-7(15)5-9(14)12(8)16-10/h4-5H,3H2,1-2H3,(H,17,18). The molecule has 18 heavy (non-hydrogen) atoms. The number of aryl methyl sites for hydroxylation is 1. The number of hydrogen-bond donors (Lipinski definition) is 1. The predicted molar refractivity (Wildman–Crippen MR) is 70.5 cm³/mol. The first-order valence-corrected chi connectivity index (χ1v) is 6.26. The maximum atomic E-state index is 13.4. The topological polar surface area (TPSA) is 50.2 Å². The second-order valence-electron chi connectivity index (χ2n) is 4.00. The molecule has 2 aromatic rings. The highest BCUT2D eigenvalue weighted by Gasteiger charge is 2.18. The van der Waals surface area contributed by atoms with Crippen LogP contribution in [0.25, 0.3) is 10.9 Å². The maximum Gasteiger partial charge on any atom is 0.336 e. The summed E-state index contributed by atoms with van der Waals surface area (Å²) in [5, 5.41) is 9.62. The quantitative estimate of drug-likeness (QED) is 0.920. The minimum Gasteiger partial charge on any atom is -0.478 e. The fraction of sp³-hybridized carbons (Fsp3) is 0.231. The van der Waals surface area contributed by atoms with E-state index in [1.54, 1.807) is 6.92 Å². The fourth-order valence-corrected chi connectivity index (χ4v) is 2.58. The molecule has 0 saturated heterocycles. The van der Waals surface area contributed by atoms with Gasteiger partial charge in [0.2, 0.25) is 0 Å². The van der Waals surface area contributed by atoms with Crippen LogP contribution in [0, 0.1) is 12.7 Å². The lowest BCUT2D eigenvalue weighted by molar-refractivity contribution is 0.0698. The molecule has 1 aromatic carbocycles. The SMILES string of the molecule is CCc1nc2c(Br)cc(F)cc2c(C(=O)O)c1C. The van der Waals surface area contributed by atoms with Gasteiger partial charge in [-0.2, -0.15) is 0 Å². The van der Waals surface area contributed by atoms with Gasteiger partial charge >= 0.3 is 5.97 Å². The van der Waals surface area contributed by atoms with Crippen LogP contribution in [-0.4, -0.2) is 16.1 Å². The first kappa shape index (κ1) is 13.0. The number of carbonyl (C=O) groups is 1. The first-order chi connectivity index (χ1) is 8.45. The van der Waals surface area contributed by atoms with Gasteiger partial charge in [-0.15, -0.1) is 0 Å². The minimum atomic E-state index is -1.06. The number of aromatic nitrogens is 1. The fourth-order valence-electron chi connectivity index (χ4n) is 2.06. The third kappa shape index (κ3) is 1.99. The van der Waals surface area contributed by atoms with E-state index in [2.05, 4.69) is 20.9 Å². The summed E-state index contributed by atoms with van der Waals surface area (Å²) in [5.41, 5.74) is 1.91. The number of nitrogens with zero attached hydrogens (tertiary/aromatic N) is 1. The number of fused-ring (bicyclic) bond motifs is 1. The summed E-state index contributed by atoms with van der Waals surface area (Å²) in [6.07, 6.45) is 0.631. The van der Waals surface area contributed by atoms with Crippen molar-refractivity contribution in [3.63, 3.8) is 0 Å². The predicted octanol–water partition coefficient (Wildman–Crippen LogP) is 3.71. The van der Waals surface area contributed by atoms with Crippen molar-refractivity contribution < 1.29 is 14.3 Å². The third-order valence-electron chi connectivity index (χ3n) is 2.90. The zero-order valence-corrected chi connectivity index (χ0v) is 11.5. The van der Waals surface area contributed by atoms with E-state index in [1.165, 1.54) is 12.1 Å². The van der Waals surface area contributed by atoms with Crippen LogP contribution in [0.1, 0.15) is 28.5 Å². The lowest BCUT2D eigenvalue weighted by Crippen LogP contribution is -2.07. The van der Waals surface area contributed by atoms with Crippen LogP contribution in [0.5, 0.6) is 0 Å². The Morgan fingerprint density at radius 1 is 1.50 bits per heavy atom. The van der Waals surface area contributed by atoms with Gasteiger partial charge in [-0.05, 0) is 47.0 Å². The summed E-state index contributed by atoms with van der Waals surface area (Å²) in [4.78, 5) is 15.8. The molecule has 2 rings (SSSR count). The lowest BCUT2D eigenvalue weighted by Gasteiger charge is -2.11. The Morgan fingerprint density at radius 3 is 2.72 bits per heavy atom. The van der Waals surface area contributed by atoms with Crippen molar-refractivity contribution in [1.82, 2.24) is 4.98 Å². The van der Waals surface area contributed by atoms with Crippen LogP contribution in [-0.2, 0) is 6.42 Å². The zero-order valence-electron chi connectivity index (χ0n) is 9.92. The summed E-state index contributed by atoms with van der Waals surface area (Å²) in [6, 6.07) is 2.50. The summed E-state index contributed by atoms with van der Waals surface area (Å²) in [6.45, 7) is 3.61. The number of benzene rings is 1. The van der Waals surface area contributed by atoms with Crippen molar-refractivity contribution in [1.29, 1.82) is 0 Å². The van der Waals surface area contributed by atoms with Crippen molar-refractivity contribution in [2.24, 2.45) is 0 Å². The number of carboxylic acids is 1. The maximum absolute atomic E-state index is 13.4. The monoisotopic (exact) mass is 311 g/mol. The normalized spacial score (nSPS) is 10.9. The molecule has 0 radical (unpaired) electrons. The molecule has 0 atom stereocenters. The molecule has 0 bridgehead atoms. The van der Waals surface area contributed by atoms with E-state index in [-0.39, 0.29) is 5.56 Å². The summed E-state index contributed by atoms with van der Waals surface area (Å²) < 4.78 is 13.9. The van der Waals surface area contributed by atoms with E-state index in [4.69, 9.17) is 0 Å². The largest absolute Gasteiger partial charge is 0.478 e. The van der Waals surface area contributed by atoms with Crippen LogP contribution in [0.15, 0.2) is 16.6 Å². The Morgan fingerprint density at radius 2 is 2.17 bits per heavy atom. The molecule has 3 nitrogen and oxygen atoms in total. The van der Waals surface area contributed by atoms with E-state index in [1.807, 2.05) is 6.92 Å². The van der Waals surface area contributed by atoms with Gasteiger partial charge in [0.1, 0.15) is 5.82 Å². The van der Waals surface area contributed by atoms with Crippen LogP contribution in [0.3, 0.4) is 0 Å². The second-order valence-corrected chi connectivity index (χ2v) is 4.86. The van der Waals surface area contributed by atoms with Crippen LogP contribution in [0.4, 0.5) is 4.39 Å². The van der Waals surface area contributed by atoms with Crippen LogP contribution in [0.2, 0.25) is 0 Å². The molecular weight excluding hydrogens is 301 g/mol. The van der Waals surface area contributed by atoms with Crippen LogP contribution >= 0.6 is 15.9 Å². The van der Waals surface area contributed by atoms with E-state index < -0.39 is 11.8 Å². The highest BCUT2D eigenvalue weighted by Crippen LogP contribution is 2.29. The summed E-state index contributed by atoms with van der Waals surface area (Å²) in [5.74, 6) is -1.55. The molecule has 0 saturated carbocycles. The number of pyridine rings is 1. The Labute approximate surface area is 112 Å². The number of aromatic carboxylic acids is 1. The summed E-state index contributed by atoms with van der Waals surface area (Å²) in [7, 11) is 0. The molecule has 1 heterocycles. The number of rotatable bonds is 2. The van der Waals surface area contributed by atoms with Gasteiger partial charge in [-0.3, -0.25) is 4.98 Å². The van der Waals surface area contributed by atoms with Gasteiger partial charge in [-0.1, -0.05) is 6.92 Å². The minimum absolute atomic E-state index is 0.122. The van der Waals surface area contributed by atoms with Gasteiger partial charge in [-0.25, -0.2) is 9.18 Å². The van der Waals surface area contributed by atoms with Crippen molar-refractivity contribution in [2.45, 2.75) is 20.3 Å². The van der Waals surface area contributed by atoms with Crippen molar-refractivity contribution >= 4 is 32.8 Å². The van der Waals surface area contributed by atoms with Gasteiger partial charge in [0.25, 0.3) is 0 Å². The first-order valence-electron chi connectivity index (χ1n) is 5.47. The number of halogens is 2. The van der Waals surface area contributed by atoms with Crippen LogP contribution < -0.4 is 0 Å². The molecule has 5 heteroatoms. The smallest absolute Gasteiger partial charge is 0.336 e. The summed E-state index contributed by atoms with van der Waals surface area (Å²) >= 11 is 3.22. The molecule has 0 aliphatic carbocycles. The van der Waals surface area contributed by atoms with E-state index in [0.29, 0.717) is 33.1 Å². The molecule has 0 fully saturated rings. The Kier molecular flexibility index (Phi) is 3.34. The number of carboxylic acid groups (broad SMARTS) is 1. The van der Waals surface area contributed by atoms with E-state index >= 15 is 0 Å². The van der Waals surface area contributed by atoms with E-state index in [9.17, 15) is 14.3 Å². The molecule has 0 aliphatic heterocycles. The molecule has 1 N–H and O–H groups in total. The molecule has 94 valence electrons. The molecule has 0 unspecified atom stereocenters. The van der Waals surface area contributed by atoms with Gasteiger partial charge < -0.3 is 5.11 Å². The Bertz CT molecular complexity index is 655. The molecule has 0 aliphatic rings. The second kappa shape index (κ2) is 4.65. The highest BCUT2D eigenvalue weighted by molar-refractivity contribution is 9.10. The Balaban J connectivity index is 3.00. The zero-order chi connectivity index (χ0) is 13.4. The lowest BCUT2D eigenvalue weighted by atomic mass is 10.0. The van der Waals surface area contributed by atoms with Crippen molar-refractivity contribution in [3.8, 4) is 0 Å². The third-order valence-corrected chi connectivity index (χ3v) is 3.51. The van der Waals surface area contributed by atoms with E-state index in [0.717, 1.165) is 0 Å². The van der Waals surface area contributed by atoms with Crippen molar-refractivity contribution in [3.05, 3.63) is 39.2 Å². The van der Waals surface area contributed by atoms with Gasteiger partial charge in [0, 0.05) is 15.6 Å². The average Bonchev–Trinajstić information content (AvgIpc) is 2.27. The number of hydrogen-bond acceptors (Lipinski definition) is 2. The molecule has 0 spiro atoms. The molecule has 0 amide bonds. The average molecular weight is 312 g/mol. The van der Waals surface area contributed by atoms with Crippen molar-refractivity contribution in [2.75, 3.05) is 0 Å². The highest BCUT2D eigenvalue weighted by atomic mass is 79.9. The van der Waals surface area contributed by atoms with Gasteiger partial charge in [0.05, 0.1) is 11.1 Å². The molecule has 1 aromatic heterocycles.